The first-order valence-electron chi connectivity index (χ1n) is 8.67. The molecule has 1 fully saturated rings. The maximum atomic E-state index is 8.67. The summed E-state index contributed by atoms with van der Waals surface area (Å²) in [6.45, 7) is 2.71. The molecule has 3 nitrogen and oxygen atoms in total. The highest BCUT2D eigenvalue weighted by Crippen LogP contribution is 2.47. The van der Waals surface area contributed by atoms with Gasteiger partial charge in [-0.15, -0.1) is 12.4 Å². The van der Waals surface area contributed by atoms with Crippen LogP contribution in [0.2, 0.25) is 0 Å². The molecule has 2 aromatic rings. The molecule has 1 aliphatic carbocycles. The molecular weight excluding hydrogens is 330 g/mol. The fraction of sp³-hybridized carbons (Fsp3) is 0.381. The Bertz CT molecular complexity index is 687. The van der Waals surface area contributed by atoms with Gasteiger partial charge in [-0.2, -0.15) is 5.26 Å². The molecule has 0 saturated heterocycles. The highest BCUT2D eigenvalue weighted by Gasteiger charge is 2.43. The lowest BCUT2D eigenvalue weighted by molar-refractivity contribution is 0.574. The third-order valence-corrected chi connectivity index (χ3v) is 4.97. The van der Waals surface area contributed by atoms with E-state index in [9.17, 15) is 0 Å². The van der Waals surface area contributed by atoms with Gasteiger partial charge in [-0.1, -0.05) is 42.5 Å². The van der Waals surface area contributed by atoms with E-state index in [0.717, 1.165) is 25.3 Å². The quantitative estimate of drug-likeness (QED) is 0.768. The Kier molecular flexibility index (Phi) is 6.87. The molecule has 25 heavy (non-hydrogen) atoms. The zero-order valence-corrected chi connectivity index (χ0v) is 15.6. The standard InChI is InChI=1S/C21H25N3.ClH/c1-24(15-5-14-22)20-10-8-18(9-11-20)16-23-17-21(12-13-21)19-6-3-2-4-7-19;/h2-4,6-11,23H,5,12-13,15-17H2,1H3;1H. The summed E-state index contributed by atoms with van der Waals surface area (Å²) in [6.07, 6.45) is 3.13. The number of hydrogen-bond donors (Lipinski definition) is 1. The van der Waals surface area contributed by atoms with Gasteiger partial charge >= 0.3 is 0 Å². The Balaban J connectivity index is 0.00000225. The van der Waals surface area contributed by atoms with Crippen LogP contribution >= 0.6 is 12.4 Å². The summed E-state index contributed by atoms with van der Waals surface area (Å²) in [7, 11) is 2.03. The van der Waals surface area contributed by atoms with Crippen LogP contribution in [-0.2, 0) is 12.0 Å². The van der Waals surface area contributed by atoms with E-state index in [1.807, 2.05) is 7.05 Å². The van der Waals surface area contributed by atoms with Crippen LogP contribution in [0.3, 0.4) is 0 Å². The summed E-state index contributed by atoms with van der Waals surface area (Å²) in [4.78, 5) is 2.12. The van der Waals surface area contributed by atoms with E-state index in [4.69, 9.17) is 5.26 Å². The van der Waals surface area contributed by atoms with Gasteiger partial charge in [0.2, 0.25) is 0 Å². The summed E-state index contributed by atoms with van der Waals surface area (Å²) in [5.74, 6) is 0. The molecule has 0 atom stereocenters. The van der Waals surface area contributed by atoms with Gasteiger partial charge < -0.3 is 10.2 Å². The van der Waals surface area contributed by atoms with Crippen molar-refractivity contribution in [2.75, 3.05) is 25.0 Å². The predicted octanol–water partition coefficient (Wildman–Crippen LogP) is 4.28. The van der Waals surface area contributed by atoms with E-state index in [1.54, 1.807) is 0 Å². The van der Waals surface area contributed by atoms with Crippen molar-refractivity contribution < 1.29 is 0 Å². The highest BCUT2D eigenvalue weighted by atomic mass is 35.5. The molecular formula is C21H26ClN3. The molecule has 0 heterocycles. The molecule has 132 valence electrons. The lowest BCUT2D eigenvalue weighted by atomic mass is 9.96. The monoisotopic (exact) mass is 355 g/mol. The summed E-state index contributed by atoms with van der Waals surface area (Å²) in [6, 6.07) is 21.7. The number of hydrogen-bond acceptors (Lipinski definition) is 3. The first-order valence-corrected chi connectivity index (χ1v) is 8.67. The molecule has 0 bridgehead atoms. The Labute approximate surface area is 157 Å². The fourth-order valence-electron chi connectivity index (χ4n) is 3.17. The summed E-state index contributed by atoms with van der Waals surface area (Å²) >= 11 is 0. The molecule has 0 aliphatic heterocycles. The van der Waals surface area contributed by atoms with Crippen molar-refractivity contribution in [1.82, 2.24) is 5.32 Å². The summed E-state index contributed by atoms with van der Waals surface area (Å²) in [5.41, 5.74) is 4.29. The highest BCUT2D eigenvalue weighted by molar-refractivity contribution is 5.85. The fourth-order valence-corrected chi connectivity index (χ4v) is 3.17. The van der Waals surface area contributed by atoms with Gasteiger partial charge in [-0.25, -0.2) is 0 Å². The second kappa shape index (κ2) is 8.89. The molecule has 0 radical (unpaired) electrons. The molecule has 1 saturated carbocycles. The predicted molar refractivity (Wildman–Crippen MR) is 106 cm³/mol. The summed E-state index contributed by atoms with van der Waals surface area (Å²) in [5, 5.41) is 12.3. The van der Waals surface area contributed by atoms with Gasteiger partial charge in [0.05, 0.1) is 12.5 Å². The number of nitrogens with one attached hydrogen (secondary N) is 1. The van der Waals surface area contributed by atoms with Crippen LogP contribution in [0.25, 0.3) is 0 Å². The van der Waals surface area contributed by atoms with E-state index >= 15 is 0 Å². The van der Waals surface area contributed by atoms with E-state index in [2.05, 4.69) is 70.9 Å². The Morgan fingerprint density at radius 3 is 2.36 bits per heavy atom. The van der Waals surface area contributed by atoms with Crippen molar-refractivity contribution in [3.8, 4) is 6.07 Å². The SMILES string of the molecule is CN(CCC#N)c1ccc(CNCC2(c3ccccc3)CC2)cc1.Cl. The Morgan fingerprint density at radius 1 is 1.08 bits per heavy atom. The first kappa shape index (κ1) is 19.3. The zero-order valence-electron chi connectivity index (χ0n) is 14.7. The molecule has 2 aromatic carbocycles. The van der Waals surface area contributed by atoms with Crippen LogP contribution in [0, 0.1) is 11.3 Å². The maximum absolute atomic E-state index is 8.67. The molecule has 0 amide bonds. The van der Waals surface area contributed by atoms with Crippen LogP contribution in [0.5, 0.6) is 0 Å². The van der Waals surface area contributed by atoms with Crippen molar-refractivity contribution in [2.24, 2.45) is 0 Å². The average molecular weight is 356 g/mol. The molecule has 1 aliphatic rings. The Hall–Kier alpha value is -2.02. The second-order valence-electron chi connectivity index (χ2n) is 6.75. The smallest absolute Gasteiger partial charge is 0.0640 e. The van der Waals surface area contributed by atoms with Gasteiger partial charge in [0, 0.05) is 37.8 Å². The number of anilines is 1. The van der Waals surface area contributed by atoms with Crippen LogP contribution in [-0.4, -0.2) is 20.1 Å². The largest absolute Gasteiger partial charge is 0.374 e. The van der Waals surface area contributed by atoms with E-state index in [1.165, 1.54) is 24.0 Å². The zero-order chi connectivity index (χ0) is 16.8. The minimum absolute atomic E-state index is 0. The van der Waals surface area contributed by atoms with Crippen molar-refractivity contribution in [3.63, 3.8) is 0 Å². The molecule has 0 unspecified atom stereocenters. The van der Waals surface area contributed by atoms with Crippen molar-refractivity contribution in [3.05, 3.63) is 65.7 Å². The topological polar surface area (TPSA) is 39.1 Å². The third kappa shape index (κ3) is 4.98. The van der Waals surface area contributed by atoms with Gasteiger partial charge in [0.15, 0.2) is 0 Å². The van der Waals surface area contributed by atoms with Gasteiger partial charge in [-0.05, 0) is 36.1 Å². The summed E-state index contributed by atoms with van der Waals surface area (Å²) < 4.78 is 0. The van der Waals surface area contributed by atoms with Crippen molar-refractivity contribution in [2.45, 2.75) is 31.2 Å². The minimum atomic E-state index is 0. The first-order chi connectivity index (χ1) is 11.7. The van der Waals surface area contributed by atoms with Gasteiger partial charge in [0.1, 0.15) is 0 Å². The van der Waals surface area contributed by atoms with Gasteiger partial charge in [-0.3, -0.25) is 0 Å². The van der Waals surface area contributed by atoms with E-state index in [0.29, 0.717) is 11.8 Å². The minimum Gasteiger partial charge on any atom is -0.374 e. The number of halogens is 1. The average Bonchev–Trinajstić information content (AvgIpc) is 3.42. The van der Waals surface area contributed by atoms with Crippen molar-refractivity contribution >= 4 is 18.1 Å². The molecule has 1 N–H and O–H groups in total. The van der Waals surface area contributed by atoms with Crippen LogP contribution < -0.4 is 10.2 Å². The lowest BCUT2D eigenvalue weighted by Gasteiger charge is -2.19. The van der Waals surface area contributed by atoms with Gasteiger partial charge in [0.25, 0.3) is 0 Å². The number of benzene rings is 2. The molecule has 0 spiro atoms. The number of rotatable bonds is 8. The number of nitriles is 1. The number of nitrogens with zero attached hydrogens (tertiary/aromatic N) is 2. The second-order valence-corrected chi connectivity index (χ2v) is 6.75. The van der Waals surface area contributed by atoms with Crippen LogP contribution in [0.4, 0.5) is 5.69 Å². The molecule has 0 aromatic heterocycles. The maximum Gasteiger partial charge on any atom is 0.0640 e. The molecule has 3 rings (SSSR count). The van der Waals surface area contributed by atoms with E-state index in [-0.39, 0.29) is 12.4 Å². The normalized spacial score (nSPS) is 14.2. The van der Waals surface area contributed by atoms with Crippen molar-refractivity contribution in [1.29, 1.82) is 5.26 Å². The Morgan fingerprint density at radius 2 is 1.76 bits per heavy atom. The lowest BCUT2D eigenvalue weighted by Crippen LogP contribution is -2.26. The van der Waals surface area contributed by atoms with Crippen LogP contribution in [0.1, 0.15) is 30.4 Å². The van der Waals surface area contributed by atoms with E-state index < -0.39 is 0 Å². The van der Waals surface area contributed by atoms with Crippen LogP contribution in [0.15, 0.2) is 54.6 Å². The molecule has 4 heteroatoms. The third-order valence-electron chi connectivity index (χ3n) is 4.97.